The Hall–Kier alpha value is -0.120. The number of likely N-dealkylation sites (tertiary alicyclic amines) is 1. The van der Waals surface area contributed by atoms with E-state index in [2.05, 4.69) is 37.7 Å². The van der Waals surface area contributed by atoms with Crippen LogP contribution in [0.4, 0.5) is 0 Å². The van der Waals surface area contributed by atoms with Gasteiger partial charge in [-0.05, 0) is 70.7 Å². The summed E-state index contributed by atoms with van der Waals surface area (Å²) in [5.74, 6) is 2.36. The van der Waals surface area contributed by atoms with Crippen molar-refractivity contribution in [1.82, 2.24) is 9.80 Å². The van der Waals surface area contributed by atoms with Gasteiger partial charge in [-0.3, -0.25) is 0 Å². The average molecular weight is 255 g/mol. The van der Waals surface area contributed by atoms with Crippen LogP contribution in [-0.4, -0.2) is 56.6 Å². The molecule has 1 unspecified atom stereocenters. The highest BCUT2D eigenvalue weighted by Gasteiger charge is 2.21. The van der Waals surface area contributed by atoms with Crippen molar-refractivity contribution >= 4 is 0 Å². The molecule has 108 valence electrons. The lowest BCUT2D eigenvalue weighted by Gasteiger charge is -2.35. The van der Waals surface area contributed by atoms with Crippen LogP contribution >= 0.6 is 0 Å². The van der Waals surface area contributed by atoms with Gasteiger partial charge in [-0.25, -0.2) is 0 Å². The Morgan fingerprint density at radius 2 is 1.83 bits per heavy atom. The summed E-state index contributed by atoms with van der Waals surface area (Å²) >= 11 is 0. The van der Waals surface area contributed by atoms with Crippen molar-refractivity contribution in [2.24, 2.45) is 23.5 Å². The molecule has 3 nitrogen and oxygen atoms in total. The first-order chi connectivity index (χ1) is 8.51. The van der Waals surface area contributed by atoms with Crippen LogP contribution < -0.4 is 5.73 Å². The van der Waals surface area contributed by atoms with Crippen molar-refractivity contribution < 1.29 is 0 Å². The second kappa shape index (κ2) is 8.13. The molecule has 1 aliphatic rings. The fourth-order valence-corrected chi connectivity index (χ4v) is 3.15. The van der Waals surface area contributed by atoms with E-state index in [1.807, 2.05) is 0 Å². The van der Waals surface area contributed by atoms with Gasteiger partial charge in [0.1, 0.15) is 0 Å². The third-order valence-electron chi connectivity index (χ3n) is 3.98. The first kappa shape index (κ1) is 15.9. The molecular formula is C15H33N3. The molecule has 2 N–H and O–H groups in total. The van der Waals surface area contributed by atoms with Crippen molar-refractivity contribution in [3.05, 3.63) is 0 Å². The number of rotatable bonds is 7. The lowest BCUT2D eigenvalue weighted by Crippen LogP contribution is -2.41. The van der Waals surface area contributed by atoms with Crippen LogP contribution in [0.5, 0.6) is 0 Å². The highest BCUT2D eigenvalue weighted by Crippen LogP contribution is 2.20. The first-order valence-electron chi connectivity index (χ1n) is 7.58. The van der Waals surface area contributed by atoms with E-state index in [1.54, 1.807) is 0 Å². The molecule has 0 radical (unpaired) electrons. The minimum atomic E-state index is 0.690. The number of nitrogens with zero attached hydrogens (tertiary/aromatic N) is 2. The Morgan fingerprint density at radius 3 is 2.28 bits per heavy atom. The molecule has 0 saturated carbocycles. The molecule has 0 spiro atoms. The Balaban J connectivity index is 2.25. The van der Waals surface area contributed by atoms with E-state index in [0.29, 0.717) is 5.92 Å². The molecule has 18 heavy (non-hydrogen) atoms. The van der Waals surface area contributed by atoms with Gasteiger partial charge >= 0.3 is 0 Å². The van der Waals surface area contributed by atoms with E-state index >= 15 is 0 Å². The molecule has 0 aromatic carbocycles. The van der Waals surface area contributed by atoms with E-state index in [-0.39, 0.29) is 0 Å². The van der Waals surface area contributed by atoms with Gasteiger partial charge < -0.3 is 15.5 Å². The van der Waals surface area contributed by atoms with Crippen LogP contribution in [0.1, 0.15) is 33.1 Å². The van der Waals surface area contributed by atoms with Gasteiger partial charge in [-0.15, -0.1) is 0 Å². The van der Waals surface area contributed by atoms with Crippen LogP contribution in [0.2, 0.25) is 0 Å². The normalized spacial score (nSPS) is 20.8. The van der Waals surface area contributed by atoms with E-state index < -0.39 is 0 Å². The summed E-state index contributed by atoms with van der Waals surface area (Å²) in [4.78, 5) is 4.95. The van der Waals surface area contributed by atoms with Crippen molar-refractivity contribution in [1.29, 1.82) is 0 Å². The quantitative estimate of drug-likeness (QED) is 0.754. The molecule has 1 fully saturated rings. The summed E-state index contributed by atoms with van der Waals surface area (Å²) in [5, 5.41) is 0. The minimum Gasteiger partial charge on any atom is -0.330 e. The summed E-state index contributed by atoms with van der Waals surface area (Å²) in [5.41, 5.74) is 5.90. The van der Waals surface area contributed by atoms with Gasteiger partial charge in [0.2, 0.25) is 0 Å². The topological polar surface area (TPSA) is 32.5 Å². The van der Waals surface area contributed by atoms with Gasteiger partial charge in [0.05, 0.1) is 0 Å². The summed E-state index contributed by atoms with van der Waals surface area (Å²) in [7, 11) is 4.36. The Kier molecular flexibility index (Phi) is 7.20. The zero-order valence-corrected chi connectivity index (χ0v) is 12.9. The Morgan fingerprint density at radius 1 is 1.22 bits per heavy atom. The smallest absolute Gasteiger partial charge is 0.00218 e. The summed E-state index contributed by atoms with van der Waals surface area (Å²) in [6, 6.07) is 0. The highest BCUT2D eigenvalue weighted by molar-refractivity contribution is 4.76. The molecule has 1 atom stereocenters. The molecule has 0 aromatic heterocycles. The third kappa shape index (κ3) is 6.17. The summed E-state index contributed by atoms with van der Waals surface area (Å²) in [6.45, 7) is 10.4. The number of nitrogens with two attached hydrogens (primary N) is 1. The first-order valence-corrected chi connectivity index (χ1v) is 7.58. The number of hydrogen-bond donors (Lipinski definition) is 1. The van der Waals surface area contributed by atoms with Gasteiger partial charge in [0.15, 0.2) is 0 Å². The second-order valence-corrected chi connectivity index (χ2v) is 6.74. The molecule has 0 aromatic rings. The SMILES string of the molecule is CC(C)CC(CN)CN1CCC(CN(C)C)CC1. The van der Waals surface area contributed by atoms with Crippen molar-refractivity contribution in [2.45, 2.75) is 33.1 Å². The standard InChI is InChI=1S/C15H33N3/c1-13(2)9-15(10-16)12-18-7-5-14(6-8-18)11-17(3)4/h13-15H,5-12,16H2,1-4H3. The fourth-order valence-electron chi connectivity index (χ4n) is 3.15. The van der Waals surface area contributed by atoms with E-state index in [4.69, 9.17) is 5.73 Å². The number of hydrogen-bond acceptors (Lipinski definition) is 3. The molecule has 3 heteroatoms. The molecule has 1 aliphatic heterocycles. The van der Waals surface area contributed by atoms with Crippen LogP contribution in [0.15, 0.2) is 0 Å². The molecule has 0 bridgehead atoms. The van der Waals surface area contributed by atoms with Crippen LogP contribution in [0.25, 0.3) is 0 Å². The van der Waals surface area contributed by atoms with Crippen molar-refractivity contribution in [3.8, 4) is 0 Å². The zero-order valence-electron chi connectivity index (χ0n) is 12.9. The maximum absolute atomic E-state index is 5.90. The van der Waals surface area contributed by atoms with Gasteiger partial charge in [-0.2, -0.15) is 0 Å². The van der Waals surface area contributed by atoms with Crippen LogP contribution in [-0.2, 0) is 0 Å². The zero-order chi connectivity index (χ0) is 13.5. The largest absolute Gasteiger partial charge is 0.330 e. The van der Waals surface area contributed by atoms with Gasteiger partial charge in [-0.1, -0.05) is 13.8 Å². The van der Waals surface area contributed by atoms with E-state index in [1.165, 1.54) is 45.4 Å². The monoisotopic (exact) mass is 255 g/mol. The van der Waals surface area contributed by atoms with Crippen molar-refractivity contribution in [2.75, 3.05) is 46.8 Å². The summed E-state index contributed by atoms with van der Waals surface area (Å²) in [6.07, 6.45) is 3.99. The fraction of sp³-hybridized carbons (Fsp3) is 1.00. The van der Waals surface area contributed by atoms with Gasteiger partial charge in [0.25, 0.3) is 0 Å². The van der Waals surface area contributed by atoms with Crippen LogP contribution in [0, 0.1) is 17.8 Å². The van der Waals surface area contributed by atoms with Crippen molar-refractivity contribution in [3.63, 3.8) is 0 Å². The minimum absolute atomic E-state index is 0.690. The average Bonchev–Trinajstić information content (AvgIpc) is 2.29. The lowest BCUT2D eigenvalue weighted by atomic mass is 9.93. The maximum atomic E-state index is 5.90. The summed E-state index contributed by atoms with van der Waals surface area (Å²) < 4.78 is 0. The molecule has 1 heterocycles. The van der Waals surface area contributed by atoms with E-state index in [9.17, 15) is 0 Å². The Labute approximate surface area is 114 Å². The Bertz CT molecular complexity index is 208. The third-order valence-corrected chi connectivity index (χ3v) is 3.98. The van der Waals surface area contributed by atoms with Gasteiger partial charge in [0, 0.05) is 13.1 Å². The maximum Gasteiger partial charge on any atom is 0.00218 e. The number of piperidine rings is 1. The van der Waals surface area contributed by atoms with Crippen LogP contribution in [0.3, 0.4) is 0 Å². The molecular weight excluding hydrogens is 222 g/mol. The second-order valence-electron chi connectivity index (χ2n) is 6.74. The predicted octanol–water partition coefficient (Wildman–Crippen LogP) is 1.88. The van der Waals surface area contributed by atoms with E-state index in [0.717, 1.165) is 18.4 Å². The molecule has 1 saturated heterocycles. The molecule has 0 amide bonds. The molecule has 0 aliphatic carbocycles. The lowest BCUT2D eigenvalue weighted by molar-refractivity contribution is 0.140. The molecule has 1 rings (SSSR count). The highest BCUT2D eigenvalue weighted by atomic mass is 15.1. The predicted molar refractivity (Wildman–Crippen MR) is 79.7 cm³/mol.